The minimum atomic E-state index is -0.822. The van der Waals surface area contributed by atoms with Gasteiger partial charge in [-0.1, -0.05) is 0 Å². The summed E-state index contributed by atoms with van der Waals surface area (Å²) in [6, 6.07) is 0.118. The molecule has 0 spiro atoms. The van der Waals surface area contributed by atoms with Crippen LogP contribution >= 0.6 is 0 Å². The fourth-order valence-electron chi connectivity index (χ4n) is 1.57. The Morgan fingerprint density at radius 2 is 1.80 bits per heavy atom. The van der Waals surface area contributed by atoms with Gasteiger partial charge in [-0.25, -0.2) is 0 Å². The summed E-state index contributed by atoms with van der Waals surface area (Å²) in [6.07, 6.45) is 2.66. The smallest absolute Gasteiger partial charge is 0.303 e. The average Bonchev–Trinajstić information content (AvgIpc) is 2.10. The molecule has 0 heterocycles. The van der Waals surface area contributed by atoms with Crippen molar-refractivity contribution in [3.8, 4) is 0 Å². The largest absolute Gasteiger partial charge is 0.481 e. The molecular weight excluding hydrogens is 198 g/mol. The number of aliphatic carboxylic acids is 1. The van der Waals surface area contributed by atoms with Crippen LogP contribution in [-0.2, 0) is 9.59 Å². The summed E-state index contributed by atoms with van der Waals surface area (Å²) in [5, 5.41) is 20.2. The summed E-state index contributed by atoms with van der Waals surface area (Å²) in [5.41, 5.74) is 0. The van der Waals surface area contributed by atoms with Crippen LogP contribution in [0.25, 0.3) is 0 Å². The molecule has 0 aliphatic heterocycles. The average molecular weight is 215 g/mol. The summed E-state index contributed by atoms with van der Waals surface area (Å²) in [4.78, 5) is 21.4. The van der Waals surface area contributed by atoms with Crippen LogP contribution < -0.4 is 5.32 Å². The van der Waals surface area contributed by atoms with Crippen molar-refractivity contribution in [2.45, 2.75) is 50.7 Å². The minimum absolute atomic E-state index is 0.0442. The van der Waals surface area contributed by atoms with Gasteiger partial charge in [-0.05, 0) is 25.7 Å². The monoisotopic (exact) mass is 215 g/mol. The van der Waals surface area contributed by atoms with Crippen LogP contribution in [0.5, 0.6) is 0 Å². The van der Waals surface area contributed by atoms with E-state index in [1.165, 1.54) is 0 Å². The Balaban J connectivity index is 1.97. The predicted octanol–water partition coefficient (Wildman–Crippen LogP) is 0.271. The van der Waals surface area contributed by atoms with E-state index >= 15 is 0 Å². The van der Waals surface area contributed by atoms with Crippen LogP contribution in [0.2, 0.25) is 0 Å². The van der Waals surface area contributed by atoms with Crippen molar-refractivity contribution < 1.29 is 19.8 Å². The van der Waals surface area contributed by atoms with Gasteiger partial charge in [0.15, 0.2) is 0 Å². The third-order valence-corrected chi connectivity index (χ3v) is 2.52. The first kappa shape index (κ1) is 12.0. The van der Waals surface area contributed by atoms with Gasteiger partial charge in [-0.2, -0.15) is 0 Å². The predicted molar refractivity (Wildman–Crippen MR) is 53.3 cm³/mol. The number of carbonyl (C=O) groups is 2. The fraction of sp³-hybridized carbons (Fsp3) is 0.800. The second-order valence-corrected chi connectivity index (χ2v) is 3.99. The van der Waals surface area contributed by atoms with Crippen LogP contribution in [-0.4, -0.2) is 34.2 Å². The standard InChI is InChI=1S/C10H17NO4/c12-8-5-7(6-8)11-9(13)3-1-2-4-10(14)15/h7-8,12H,1-6H2,(H,11,13)(H,14,15). The second kappa shape index (κ2) is 5.70. The molecule has 0 aromatic heterocycles. The lowest BCUT2D eigenvalue weighted by atomic mass is 9.89. The Bertz CT molecular complexity index is 236. The number of carboxylic acids is 1. The summed E-state index contributed by atoms with van der Waals surface area (Å²) in [6.45, 7) is 0. The first-order valence-corrected chi connectivity index (χ1v) is 5.27. The number of carbonyl (C=O) groups excluding carboxylic acids is 1. The number of unbranched alkanes of at least 4 members (excludes halogenated alkanes) is 1. The number of hydrogen-bond donors (Lipinski definition) is 3. The lowest BCUT2D eigenvalue weighted by Crippen LogP contribution is -2.46. The summed E-state index contributed by atoms with van der Waals surface area (Å²) in [5.74, 6) is -0.866. The van der Waals surface area contributed by atoms with Gasteiger partial charge >= 0.3 is 5.97 Å². The van der Waals surface area contributed by atoms with Crippen molar-refractivity contribution in [2.75, 3.05) is 0 Å². The van der Waals surface area contributed by atoms with E-state index < -0.39 is 5.97 Å². The molecule has 0 saturated heterocycles. The molecule has 1 amide bonds. The number of aliphatic hydroxyl groups is 1. The number of nitrogens with one attached hydrogen (secondary N) is 1. The van der Waals surface area contributed by atoms with Crippen molar-refractivity contribution in [1.29, 1.82) is 0 Å². The topological polar surface area (TPSA) is 86.6 Å². The van der Waals surface area contributed by atoms with Crippen molar-refractivity contribution in [3.05, 3.63) is 0 Å². The van der Waals surface area contributed by atoms with Crippen LogP contribution in [0.1, 0.15) is 38.5 Å². The molecule has 0 radical (unpaired) electrons. The first-order valence-electron chi connectivity index (χ1n) is 5.27. The lowest BCUT2D eigenvalue weighted by Gasteiger charge is -2.31. The number of rotatable bonds is 6. The molecular formula is C10H17NO4. The Morgan fingerprint density at radius 1 is 1.20 bits per heavy atom. The van der Waals surface area contributed by atoms with Gasteiger partial charge in [0, 0.05) is 18.9 Å². The van der Waals surface area contributed by atoms with Crippen molar-refractivity contribution >= 4 is 11.9 Å². The van der Waals surface area contributed by atoms with Gasteiger partial charge in [-0.3, -0.25) is 9.59 Å². The van der Waals surface area contributed by atoms with Crippen LogP contribution in [0, 0.1) is 0 Å². The SMILES string of the molecule is O=C(O)CCCCC(=O)NC1CC(O)C1. The number of carboxylic acid groups (broad SMARTS) is 1. The zero-order valence-corrected chi connectivity index (χ0v) is 8.61. The molecule has 0 aromatic rings. The Morgan fingerprint density at radius 3 is 2.33 bits per heavy atom. The van der Waals surface area contributed by atoms with E-state index in [2.05, 4.69) is 5.32 Å². The van der Waals surface area contributed by atoms with Gasteiger partial charge in [0.25, 0.3) is 0 Å². The van der Waals surface area contributed by atoms with Crippen LogP contribution in [0.3, 0.4) is 0 Å². The van der Waals surface area contributed by atoms with E-state index in [0.717, 1.165) is 0 Å². The summed E-state index contributed by atoms with van der Waals surface area (Å²) in [7, 11) is 0. The number of hydrogen-bond acceptors (Lipinski definition) is 3. The quantitative estimate of drug-likeness (QED) is 0.555. The molecule has 5 heteroatoms. The van der Waals surface area contributed by atoms with Crippen molar-refractivity contribution in [3.63, 3.8) is 0 Å². The van der Waals surface area contributed by atoms with Gasteiger partial charge in [0.05, 0.1) is 6.10 Å². The summed E-state index contributed by atoms with van der Waals surface area (Å²) < 4.78 is 0. The molecule has 1 aliphatic carbocycles. The highest BCUT2D eigenvalue weighted by Crippen LogP contribution is 2.19. The maximum atomic E-state index is 11.3. The van der Waals surface area contributed by atoms with Gasteiger partial charge < -0.3 is 15.5 Å². The highest BCUT2D eigenvalue weighted by atomic mass is 16.4. The van der Waals surface area contributed by atoms with E-state index in [0.29, 0.717) is 32.1 Å². The minimum Gasteiger partial charge on any atom is -0.481 e. The molecule has 15 heavy (non-hydrogen) atoms. The first-order chi connectivity index (χ1) is 7.08. The molecule has 1 saturated carbocycles. The molecule has 0 unspecified atom stereocenters. The number of amides is 1. The Labute approximate surface area is 88.5 Å². The van der Waals surface area contributed by atoms with Crippen LogP contribution in [0.15, 0.2) is 0 Å². The van der Waals surface area contributed by atoms with Crippen LogP contribution in [0.4, 0.5) is 0 Å². The van der Waals surface area contributed by atoms with E-state index in [1.807, 2.05) is 0 Å². The van der Waals surface area contributed by atoms with Gasteiger partial charge in [0.2, 0.25) is 5.91 Å². The summed E-state index contributed by atoms with van der Waals surface area (Å²) >= 11 is 0. The Kier molecular flexibility index (Phi) is 4.55. The molecule has 1 rings (SSSR count). The highest BCUT2D eigenvalue weighted by molar-refractivity contribution is 5.76. The normalized spacial score (nSPS) is 24.3. The van der Waals surface area contributed by atoms with Gasteiger partial charge in [-0.15, -0.1) is 0 Å². The molecule has 0 aromatic carbocycles. The van der Waals surface area contributed by atoms with E-state index in [-0.39, 0.29) is 24.5 Å². The third kappa shape index (κ3) is 4.78. The molecule has 0 atom stereocenters. The second-order valence-electron chi connectivity index (χ2n) is 3.99. The third-order valence-electron chi connectivity index (χ3n) is 2.52. The zero-order chi connectivity index (χ0) is 11.3. The molecule has 0 bridgehead atoms. The van der Waals surface area contributed by atoms with Gasteiger partial charge in [0.1, 0.15) is 0 Å². The van der Waals surface area contributed by atoms with Crippen molar-refractivity contribution in [2.24, 2.45) is 0 Å². The van der Waals surface area contributed by atoms with E-state index in [1.54, 1.807) is 0 Å². The molecule has 1 fully saturated rings. The molecule has 3 N–H and O–H groups in total. The highest BCUT2D eigenvalue weighted by Gasteiger charge is 2.27. The molecule has 5 nitrogen and oxygen atoms in total. The maximum Gasteiger partial charge on any atom is 0.303 e. The fourth-order valence-corrected chi connectivity index (χ4v) is 1.57. The zero-order valence-electron chi connectivity index (χ0n) is 8.61. The van der Waals surface area contributed by atoms with Crippen molar-refractivity contribution in [1.82, 2.24) is 5.32 Å². The Hall–Kier alpha value is -1.10. The molecule has 86 valence electrons. The molecule has 1 aliphatic rings. The number of aliphatic hydroxyl groups excluding tert-OH is 1. The lowest BCUT2D eigenvalue weighted by molar-refractivity contribution is -0.137. The maximum absolute atomic E-state index is 11.3. The van der Waals surface area contributed by atoms with E-state index in [4.69, 9.17) is 10.2 Å². The van der Waals surface area contributed by atoms with E-state index in [9.17, 15) is 9.59 Å².